The lowest BCUT2D eigenvalue weighted by Gasteiger charge is -2.44. The zero-order valence-corrected chi connectivity index (χ0v) is 20.9. The Morgan fingerprint density at radius 2 is 1.71 bits per heavy atom. The molecule has 6 rings (SSSR count). The van der Waals surface area contributed by atoms with Gasteiger partial charge in [0.1, 0.15) is 6.61 Å². The van der Waals surface area contributed by atoms with Gasteiger partial charge in [0.25, 0.3) is 0 Å². The first-order valence-electron chi connectivity index (χ1n) is 12.8. The third-order valence-electron chi connectivity index (χ3n) is 7.90. The Balaban J connectivity index is 1.24. The average molecular weight is 521 g/mol. The van der Waals surface area contributed by atoms with Crippen LogP contribution in [0.25, 0.3) is 16.7 Å². The van der Waals surface area contributed by atoms with Gasteiger partial charge in [-0.25, -0.2) is 9.78 Å². The number of carbonyl (C=O) groups is 1. The van der Waals surface area contributed by atoms with Crippen molar-refractivity contribution in [3.8, 4) is 17.0 Å². The number of hydrogen-bond acceptors (Lipinski definition) is 4. The molecule has 196 valence electrons. The summed E-state index contributed by atoms with van der Waals surface area (Å²) in [6, 6.07) is 17.0. The fraction of sp³-hybridized carbons (Fsp3) is 0.333. The van der Waals surface area contributed by atoms with Crippen LogP contribution in [0.15, 0.2) is 66.9 Å². The Morgan fingerprint density at radius 3 is 2.34 bits per heavy atom. The molecule has 2 bridgehead atoms. The number of carbonyl (C=O) groups excluding carboxylic acids is 1. The lowest BCUT2D eigenvalue weighted by Crippen LogP contribution is -2.51. The average Bonchev–Trinajstić information content (AvgIpc) is 3.23. The Labute approximate surface area is 218 Å². The van der Waals surface area contributed by atoms with Crippen LogP contribution in [0.5, 0.6) is 5.88 Å². The quantitative estimate of drug-likeness (QED) is 0.369. The van der Waals surface area contributed by atoms with Gasteiger partial charge >= 0.3 is 12.3 Å². The van der Waals surface area contributed by atoms with Crippen molar-refractivity contribution < 1.29 is 27.4 Å². The summed E-state index contributed by atoms with van der Waals surface area (Å²) in [4.78, 5) is 19.1. The predicted octanol–water partition coefficient (Wildman–Crippen LogP) is 7.07. The minimum absolute atomic E-state index is 0.0393. The van der Waals surface area contributed by atoms with Crippen molar-refractivity contribution in [3.05, 3.63) is 89.1 Å². The summed E-state index contributed by atoms with van der Waals surface area (Å²) in [5.41, 5.74) is 4.84. The van der Waals surface area contributed by atoms with Crippen LogP contribution in [0.1, 0.15) is 53.9 Å². The summed E-state index contributed by atoms with van der Waals surface area (Å²) in [6.45, 7) is 0.227. The first-order valence-corrected chi connectivity index (χ1v) is 12.8. The second-order valence-electron chi connectivity index (χ2n) is 10.0. The molecule has 1 amide bonds. The molecule has 3 aromatic rings. The molecule has 5 nitrogen and oxygen atoms in total. The summed E-state index contributed by atoms with van der Waals surface area (Å²) < 4.78 is 51.4. The molecule has 2 aliphatic heterocycles. The molecule has 38 heavy (non-hydrogen) atoms. The molecule has 0 radical (unpaired) electrons. The molecule has 0 N–H and O–H groups in total. The minimum Gasteiger partial charge on any atom is -0.481 e. The van der Waals surface area contributed by atoms with Crippen LogP contribution in [0.4, 0.5) is 18.0 Å². The maximum absolute atomic E-state index is 13.4. The van der Waals surface area contributed by atoms with E-state index >= 15 is 0 Å². The third kappa shape index (κ3) is 4.22. The van der Waals surface area contributed by atoms with Gasteiger partial charge in [-0.05, 0) is 59.6 Å². The highest BCUT2D eigenvalue weighted by Crippen LogP contribution is 2.45. The van der Waals surface area contributed by atoms with E-state index in [0.29, 0.717) is 12.0 Å². The van der Waals surface area contributed by atoms with Crippen molar-refractivity contribution in [1.82, 2.24) is 9.88 Å². The molecule has 0 saturated carbocycles. The number of nitrogens with zero attached hydrogens (tertiary/aromatic N) is 2. The zero-order valence-electron chi connectivity index (χ0n) is 20.9. The summed E-state index contributed by atoms with van der Waals surface area (Å²) in [5.74, 6) is 0.111. The number of amides is 1. The lowest BCUT2D eigenvalue weighted by atomic mass is 9.83. The molecule has 8 heteroatoms. The van der Waals surface area contributed by atoms with Crippen LogP contribution in [0, 0.1) is 0 Å². The molecule has 1 saturated heterocycles. The highest BCUT2D eigenvalue weighted by atomic mass is 19.4. The minimum atomic E-state index is -4.51. The van der Waals surface area contributed by atoms with Gasteiger partial charge < -0.3 is 9.47 Å². The normalized spacial score (nSPS) is 20.4. The van der Waals surface area contributed by atoms with E-state index in [1.54, 1.807) is 4.90 Å². The molecule has 2 atom stereocenters. The highest BCUT2D eigenvalue weighted by molar-refractivity contribution is 5.79. The summed E-state index contributed by atoms with van der Waals surface area (Å²) >= 11 is 0. The van der Waals surface area contributed by atoms with Crippen molar-refractivity contribution in [2.45, 2.75) is 49.9 Å². The Hall–Kier alpha value is -3.81. The summed E-state index contributed by atoms with van der Waals surface area (Å²) in [7, 11) is 1.40. The van der Waals surface area contributed by atoms with Gasteiger partial charge in [-0.1, -0.05) is 54.6 Å². The Bertz CT molecular complexity index is 1370. The Kier molecular flexibility index (Phi) is 6.13. The smallest absolute Gasteiger partial charge is 0.417 e. The van der Waals surface area contributed by atoms with Gasteiger partial charge in [0, 0.05) is 23.7 Å². The van der Waals surface area contributed by atoms with E-state index in [-0.39, 0.29) is 36.6 Å². The van der Waals surface area contributed by atoms with E-state index in [1.807, 2.05) is 30.3 Å². The van der Waals surface area contributed by atoms with E-state index in [4.69, 9.17) is 9.47 Å². The van der Waals surface area contributed by atoms with Crippen molar-refractivity contribution in [2.24, 2.45) is 0 Å². The molecule has 0 spiro atoms. The third-order valence-corrected chi connectivity index (χ3v) is 7.90. The first-order chi connectivity index (χ1) is 18.3. The van der Waals surface area contributed by atoms with Crippen LogP contribution in [-0.4, -0.2) is 41.8 Å². The van der Waals surface area contributed by atoms with Gasteiger partial charge in [-0.3, -0.25) is 4.90 Å². The van der Waals surface area contributed by atoms with Gasteiger partial charge in [0.2, 0.25) is 5.88 Å². The number of halogens is 3. The Morgan fingerprint density at radius 1 is 1.03 bits per heavy atom. The van der Waals surface area contributed by atoms with Gasteiger partial charge in [-0.15, -0.1) is 0 Å². The van der Waals surface area contributed by atoms with Crippen LogP contribution in [0.3, 0.4) is 0 Å². The second kappa shape index (κ2) is 9.49. The zero-order chi connectivity index (χ0) is 26.4. The maximum Gasteiger partial charge on any atom is 0.417 e. The number of piperidine rings is 1. The van der Waals surface area contributed by atoms with Crippen molar-refractivity contribution in [2.75, 3.05) is 13.7 Å². The lowest BCUT2D eigenvalue weighted by molar-refractivity contribution is -0.137. The largest absolute Gasteiger partial charge is 0.481 e. The van der Waals surface area contributed by atoms with E-state index in [0.717, 1.165) is 59.4 Å². The molecule has 3 heterocycles. The summed E-state index contributed by atoms with van der Waals surface area (Å²) in [5, 5.41) is 0. The SMILES string of the molecule is COc1ncc(C(F)(F)F)cc1C1=CC2CCCC(C1)N2C(=O)OCC1c2ccccc2-c2ccccc21. The van der Waals surface area contributed by atoms with E-state index in [9.17, 15) is 18.0 Å². The van der Waals surface area contributed by atoms with Crippen molar-refractivity contribution in [3.63, 3.8) is 0 Å². The van der Waals surface area contributed by atoms with Crippen LogP contribution in [-0.2, 0) is 10.9 Å². The molecule has 3 aliphatic rings. The number of methoxy groups -OCH3 is 1. The molecule has 1 fully saturated rings. The number of alkyl halides is 3. The second-order valence-corrected chi connectivity index (χ2v) is 10.0. The number of pyridine rings is 1. The number of aromatic nitrogens is 1. The predicted molar refractivity (Wildman–Crippen MR) is 137 cm³/mol. The molecule has 2 unspecified atom stereocenters. The number of ether oxygens (including phenoxy) is 2. The fourth-order valence-corrected chi connectivity index (χ4v) is 6.18. The van der Waals surface area contributed by atoms with E-state index in [1.165, 1.54) is 7.11 Å². The van der Waals surface area contributed by atoms with Gasteiger partial charge in [0.15, 0.2) is 0 Å². The molecule has 1 aromatic heterocycles. The van der Waals surface area contributed by atoms with Crippen LogP contribution < -0.4 is 4.74 Å². The molecule has 1 aliphatic carbocycles. The van der Waals surface area contributed by atoms with Crippen LogP contribution >= 0.6 is 0 Å². The van der Waals surface area contributed by atoms with Crippen molar-refractivity contribution >= 4 is 11.7 Å². The van der Waals surface area contributed by atoms with Crippen LogP contribution in [0.2, 0.25) is 0 Å². The standard InChI is InChI=1S/C30H27F3N2O3/c1-37-28-26(15-19(16-34-28)30(31,32)33)18-13-20-7-6-8-21(14-18)35(20)29(36)38-17-27-24-11-4-2-9-22(24)23-10-3-5-12-25(23)27/h2-5,9-13,15-16,20-21,27H,6-8,14,17H2,1H3. The molecular weight excluding hydrogens is 493 g/mol. The first kappa shape index (κ1) is 24.5. The topological polar surface area (TPSA) is 51.7 Å². The van der Waals surface area contributed by atoms with Crippen molar-refractivity contribution in [1.29, 1.82) is 0 Å². The number of hydrogen-bond donors (Lipinski definition) is 0. The van der Waals surface area contributed by atoms with Gasteiger partial charge in [0.05, 0.1) is 18.7 Å². The monoisotopic (exact) mass is 520 g/mol. The summed E-state index contributed by atoms with van der Waals surface area (Å²) in [6.07, 6.45) is 0.611. The number of fused-ring (bicyclic) bond motifs is 5. The van der Waals surface area contributed by atoms with E-state index in [2.05, 4.69) is 29.2 Å². The highest BCUT2D eigenvalue weighted by Gasteiger charge is 2.40. The van der Waals surface area contributed by atoms with Gasteiger partial charge in [-0.2, -0.15) is 13.2 Å². The fourth-order valence-electron chi connectivity index (χ4n) is 6.18. The van der Waals surface area contributed by atoms with E-state index < -0.39 is 11.7 Å². The molecule has 2 aromatic carbocycles. The maximum atomic E-state index is 13.4. The number of rotatable bonds is 4. The molecular formula is C30H27F3N2O3. The number of benzene rings is 2.